The molecule has 2 aromatic heterocycles. The van der Waals surface area contributed by atoms with E-state index in [9.17, 15) is 5.11 Å². The summed E-state index contributed by atoms with van der Waals surface area (Å²) in [6.07, 6.45) is 11.1. The normalized spacial score (nSPS) is 23.8. The van der Waals surface area contributed by atoms with Crippen molar-refractivity contribution >= 4 is 11.2 Å². The lowest BCUT2D eigenvalue weighted by molar-refractivity contribution is 0.186. The maximum atomic E-state index is 10.4. The number of aromatic nitrogens is 2. The molecule has 0 aliphatic heterocycles. The van der Waals surface area contributed by atoms with Crippen molar-refractivity contribution in [2.45, 2.75) is 56.3 Å². The Kier molecular flexibility index (Phi) is 4.59. The first-order valence-corrected chi connectivity index (χ1v) is 10.7. The maximum absolute atomic E-state index is 10.4. The number of hydrogen-bond acceptors (Lipinski definition) is 3. The van der Waals surface area contributed by atoms with E-state index in [1.54, 1.807) is 0 Å². The Hall–Kier alpha value is -2.33. The predicted molar refractivity (Wildman–Crippen MR) is 113 cm³/mol. The monoisotopic (exact) mass is 375 g/mol. The second-order valence-electron chi connectivity index (χ2n) is 8.70. The zero-order valence-electron chi connectivity index (χ0n) is 16.3. The van der Waals surface area contributed by atoms with Crippen molar-refractivity contribution in [3.63, 3.8) is 0 Å². The van der Waals surface area contributed by atoms with Gasteiger partial charge in [0.05, 0.1) is 24.6 Å². The molecular formula is C24H29N3O. The molecule has 4 nitrogen and oxygen atoms in total. The number of anilines is 1. The molecule has 3 aromatic rings. The zero-order chi connectivity index (χ0) is 19.1. The minimum absolute atomic E-state index is 0.195. The number of nitrogens with zero attached hydrogens (tertiary/aromatic N) is 2. The molecule has 0 unspecified atom stereocenters. The van der Waals surface area contributed by atoms with Gasteiger partial charge in [-0.05, 0) is 85.6 Å². The minimum atomic E-state index is 0.195. The van der Waals surface area contributed by atoms with Crippen LogP contribution in [0, 0.1) is 5.92 Å². The van der Waals surface area contributed by atoms with Gasteiger partial charge in [0.2, 0.25) is 0 Å². The van der Waals surface area contributed by atoms with Crippen LogP contribution in [-0.2, 0) is 0 Å². The van der Waals surface area contributed by atoms with Crippen LogP contribution in [0.3, 0.4) is 0 Å². The van der Waals surface area contributed by atoms with E-state index in [4.69, 9.17) is 5.73 Å². The molecule has 1 aromatic carbocycles. The minimum Gasteiger partial charge on any atom is -0.399 e. The third-order valence-electron chi connectivity index (χ3n) is 6.97. The van der Waals surface area contributed by atoms with Crippen LogP contribution in [0.2, 0.25) is 0 Å². The molecule has 5 rings (SSSR count). The molecule has 2 saturated carbocycles. The molecule has 2 fully saturated rings. The summed E-state index contributed by atoms with van der Waals surface area (Å²) < 4.78 is 2.24. The van der Waals surface area contributed by atoms with E-state index in [1.807, 2.05) is 24.7 Å². The van der Waals surface area contributed by atoms with E-state index in [0.717, 1.165) is 24.0 Å². The van der Waals surface area contributed by atoms with Gasteiger partial charge in [0.25, 0.3) is 0 Å². The van der Waals surface area contributed by atoms with Crippen LogP contribution in [0.1, 0.15) is 73.1 Å². The third kappa shape index (κ3) is 3.20. The van der Waals surface area contributed by atoms with Gasteiger partial charge in [-0.25, -0.2) is 4.98 Å². The van der Waals surface area contributed by atoms with Crippen molar-refractivity contribution in [1.82, 2.24) is 9.38 Å². The third-order valence-corrected chi connectivity index (χ3v) is 6.97. The molecule has 2 aliphatic carbocycles. The van der Waals surface area contributed by atoms with Crippen LogP contribution in [-0.4, -0.2) is 21.1 Å². The van der Waals surface area contributed by atoms with E-state index in [2.05, 4.69) is 33.7 Å². The molecule has 0 amide bonds. The van der Waals surface area contributed by atoms with Crippen LogP contribution < -0.4 is 5.73 Å². The number of hydrogen-bond donors (Lipinski definition) is 2. The number of aliphatic hydroxyl groups is 1. The SMILES string of the molecule is Nc1ccc([C@H]2CC[C@H]([C@@H](CO)c3c(C4CC4)ccc4cncn34)CC2)cc1. The number of aliphatic hydroxyl groups excluding tert-OH is 1. The van der Waals surface area contributed by atoms with E-state index in [0.29, 0.717) is 17.8 Å². The second kappa shape index (κ2) is 7.25. The topological polar surface area (TPSA) is 63.5 Å². The molecule has 2 aliphatic rings. The molecule has 4 heteroatoms. The van der Waals surface area contributed by atoms with Crippen molar-refractivity contribution in [3.8, 4) is 0 Å². The van der Waals surface area contributed by atoms with Crippen molar-refractivity contribution in [1.29, 1.82) is 0 Å². The number of nitrogen functional groups attached to an aromatic ring is 1. The highest BCUT2D eigenvalue weighted by molar-refractivity contribution is 5.50. The molecule has 2 heterocycles. The maximum Gasteiger partial charge on any atom is 0.0994 e. The van der Waals surface area contributed by atoms with Crippen LogP contribution in [0.4, 0.5) is 5.69 Å². The van der Waals surface area contributed by atoms with E-state index >= 15 is 0 Å². The van der Waals surface area contributed by atoms with Crippen LogP contribution in [0.5, 0.6) is 0 Å². The van der Waals surface area contributed by atoms with Gasteiger partial charge in [-0.2, -0.15) is 0 Å². The highest BCUT2D eigenvalue weighted by Crippen LogP contribution is 2.47. The molecule has 1 atom stereocenters. The smallest absolute Gasteiger partial charge is 0.0994 e. The van der Waals surface area contributed by atoms with Gasteiger partial charge in [-0.3, -0.25) is 0 Å². The first-order valence-electron chi connectivity index (χ1n) is 10.7. The highest BCUT2D eigenvalue weighted by Gasteiger charge is 2.35. The lowest BCUT2D eigenvalue weighted by Gasteiger charge is -2.34. The molecule has 0 bridgehead atoms. The van der Waals surface area contributed by atoms with Gasteiger partial charge in [0, 0.05) is 17.3 Å². The van der Waals surface area contributed by atoms with Crippen molar-refractivity contribution in [2.24, 2.45) is 5.92 Å². The summed E-state index contributed by atoms with van der Waals surface area (Å²) in [7, 11) is 0. The fourth-order valence-electron chi connectivity index (χ4n) is 5.24. The fourth-order valence-corrected chi connectivity index (χ4v) is 5.24. The van der Waals surface area contributed by atoms with Crippen molar-refractivity contribution in [2.75, 3.05) is 12.3 Å². The Balaban J connectivity index is 1.40. The van der Waals surface area contributed by atoms with E-state index in [-0.39, 0.29) is 12.5 Å². The first-order chi connectivity index (χ1) is 13.7. The molecule has 0 spiro atoms. The summed E-state index contributed by atoms with van der Waals surface area (Å²) in [6.45, 7) is 0.216. The van der Waals surface area contributed by atoms with Gasteiger partial charge in [0.15, 0.2) is 0 Å². The van der Waals surface area contributed by atoms with Gasteiger partial charge in [-0.1, -0.05) is 18.2 Å². The lowest BCUT2D eigenvalue weighted by atomic mass is 9.72. The van der Waals surface area contributed by atoms with Gasteiger partial charge in [0.1, 0.15) is 0 Å². The highest BCUT2D eigenvalue weighted by atomic mass is 16.3. The summed E-state index contributed by atoms with van der Waals surface area (Å²) in [5, 5.41) is 10.4. The van der Waals surface area contributed by atoms with Gasteiger partial charge in [-0.15, -0.1) is 0 Å². The van der Waals surface area contributed by atoms with Crippen molar-refractivity contribution in [3.05, 3.63) is 65.7 Å². The fraction of sp³-hybridized carbons (Fsp3) is 0.458. The van der Waals surface area contributed by atoms with Crippen LogP contribution in [0.15, 0.2) is 48.9 Å². The molecule has 28 heavy (non-hydrogen) atoms. The summed E-state index contributed by atoms with van der Waals surface area (Å²) >= 11 is 0. The Morgan fingerprint density at radius 2 is 1.68 bits per heavy atom. The van der Waals surface area contributed by atoms with Crippen LogP contribution >= 0.6 is 0 Å². The summed E-state index contributed by atoms with van der Waals surface area (Å²) in [5.41, 5.74) is 12.0. The molecule has 0 saturated heterocycles. The average molecular weight is 376 g/mol. The number of fused-ring (bicyclic) bond motifs is 1. The molecule has 0 radical (unpaired) electrons. The lowest BCUT2D eigenvalue weighted by Crippen LogP contribution is -2.25. The summed E-state index contributed by atoms with van der Waals surface area (Å²) in [6, 6.07) is 12.9. The predicted octanol–water partition coefficient (Wildman–Crippen LogP) is 4.84. The molecular weight excluding hydrogens is 346 g/mol. The Bertz CT molecular complexity index is 950. The quantitative estimate of drug-likeness (QED) is 0.627. The number of benzene rings is 1. The first kappa shape index (κ1) is 17.7. The Morgan fingerprint density at radius 3 is 2.36 bits per heavy atom. The molecule has 3 N–H and O–H groups in total. The van der Waals surface area contributed by atoms with E-state index in [1.165, 1.54) is 42.5 Å². The molecule has 146 valence electrons. The largest absolute Gasteiger partial charge is 0.399 e. The number of rotatable bonds is 5. The Labute approximate surface area is 166 Å². The van der Waals surface area contributed by atoms with E-state index < -0.39 is 0 Å². The standard InChI is InChI=1S/C24H29N3O/c25-20-9-7-17(8-10-20)16-1-3-19(4-2-16)23(14-28)24-22(18-5-6-18)12-11-21-13-26-15-27(21)24/h7-13,15-16,18-19,23,28H,1-6,14,25H2/t16-,19-,23-/m1/s1. The zero-order valence-corrected chi connectivity index (χ0v) is 16.3. The number of nitrogens with two attached hydrogens (primary N) is 1. The Morgan fingerprint density at radius 1 is 0.964 bits per heavy atom. The number of imidazole rings is 1. The van der Waals surface area contributed by atoms with Crippen molar-refractivity contribution < 1.29 is 5.11 Å². The van der Waals surface area contributed by atoms with Crippen LogP contribution in [0.25, 0.3) is 5.52 Å². The van der Waals surface area contributed by atoms with Gasteiger partial charge >= 0.3 is 0 Å². The average Bonchev–Trinajstić information content (AvgIpc) is 3.46. The summed E-state index contributed by atoms with van der Waals surface area (Å²) in [5.74, 6) is 2.01. The van der Waals surface area contributed by atoms with Gasteiger partial charge < -0.3 is 15.2 Å². The second-order valence-corrected chi connectivity index (χ2v) is 8.70. The summed E-state index contributed by atoms with van der Waals surface area (Å²) in [4.78, 5) is 4.37. The number of pyridine rings is 1.